The van der Waals surface area contributed by atoms with Crippen molar-refractivity contribution in [2.24, 2.45) is 0 Å². The van der Waals surface area contributed by atoms with E-state index in [2.05, 4.69) is 20.9 Å². The van der Waals surface area contributed by atoms with Gasteiger partial charge in [-0.15, -0.1) is 0 Å². The van der Waals surface area contributed by atoms with Gasteiger partial charge in [-0.3, -0.25) is 4.79 Å². The number of anilines is 2. The Morgan fingerprint density at radius 1 is 1.12 bits per heavy atom. The Morgan fingerprint density at radius 3 is 2.76 bits per heavy atom. The number of amides is 1. The van der Waals surface area contributed by atoms with Gasteiger partial charge in [0.15, 0.2) is 0 Å². The molecule has 6 heteroatoms. The summed E-state index contributed by atoms with van der Waals surface area (Å²) in [7, 11) is 0. The molecule has 1 aromatic carbocycles. The Hall–Kier alpha value is -2.47. The summed E-state index contributed by atoms with van der Waals surface area (Å²) in [5.41, 5.74) is 2.69. The van der Waals surface area contributed by atoms with Crippen LogP contribution < -0.4 is 9.80 Å². The van der Waals surface area contributed by atoms with Crippen LogP contribution >= 0.6 is 0 Å². The molecule has 0 radical (unpaired) electrons. The van der Waals surface area contributed by atoms with Gasteiger partial charge < -0.3 is 14.5 Å². The first kappa shape index (κ1) is 16.0. The SMILES string of the molecule is Cc1nc(C(=O)N2CCCc3ccccc32)cc(N2CCOCC2)n1. The van der Waals surface area contributed by atoms with Crippen molar-refractivity contribution in [3.05, 3.63) is 47.4 Å². The van der Waals surface area contributed by atoms with Gasteiger partial charge in [0.2, 0.25) is 0 Å². The average Bonchev–Trinajstić information content (AvgIpc) is 2.67. The minimum Gasteiger partial charge on any atom is -0.378 e. The minimum atomic E-state index is -0.0489. The van der Waals surface area contributed by atoms with E-state index in [1.165, 1.54) is 5.56 Å². The van der Waals surface area contributed by atoms with Crippen molar-refractivity contribution in [2.45, 2.75) is 19.8 Å². The lowest BCUT2D eigenvalue weighted by molar-refractivity contribution is 0.0980. The number of fused-ring (bicyclic) bond motifs is 1. The summed E-state index contributed by atoms with van der Waals surface area (Å²) in [5, 5.41) is 0. The maximum Gasteiger partial charge on any atom is 0.277 e. The van der Waals surface area contributed by atoms with Crippen LogP contribution in [0.3, 0.4) is 0 Å². The number of para-hydroxylation sites is 1. The predicted molar refractivity (Wildman–Crippen MR) is 96.2 cm³/mol. The summed E-state index contributed by atoms with van der Waals surface area (Å²) >= 11 is 0. The highest BCUT2D eigenvalue weighted by Gasteiger charge is 2.25. The molecule has 0 aliphatic carbocycles. The number of rotatable bonds is 2. The predicted octanol–water partition coefficient (Wildman–Crippen LogP) is 2.21. The number of carbonyl (C=O) groups excluding carboxylic acids is 1. The van der Waals surface area contributed by atoms with E-state index in [4.69, 9.17) is 4.74 Å². The highest BCUT2D eigenvalue weighted by atomic mass is 16.5. The molecular weight excluding hydrogens is 316 g/mol. The topological polar surface area (TPSA) is 58.6 Å². The first-order chi connectivity index (χ1) is 12.2. The fourth-order valence-electron chi connectivity index (χ4n) is 3.50. The van der Waals surface area contributed by atoms with E-state index in [9.17, 15) is 4.79 Å². The van der Waals surface area contributed by atoms with Gasteiger partial charge in [0.05, 0.1) is 13.2 Å². The number of aryl methyl sites for hydroxylation is 2. The monoisotopic (exact) mass is 338 g/mol. The van der Waals surface area contributed by atoms with Crippen molar-refractivity contribution in [3.8, 4) is 0 Å². The molecule has 2 aliphatic heterocycles. The molecule has 3 heterocycles. The normalized spacial score (nSPS) is 17.3. The van der Waals surface area contributed by atoms with E-state index in [1.807, 2.05) is 36.1 Å². The molecule has 0 bridgehead atoms. The summed E-state index contributed by atoms with van der Waals surface area (Å²) < 4.78 is 5.40. The van der Waals surface area contributed by atoms with E-state index >= 15 is 0 Å². The Kier molecular flexibility index (Phi) is 4.36. The van der Waals surface area contributed by atoms with Gasteiger partial charge in [0.1, 0.15) is 17.3 Å². The smallest absolute Gasteiger partial charge is 0.277 e. The van der Waals surface area contributed by atoms with Crippen LogP contribution in [0.4, 0.5) is 11.5 Å². The lowest BCUT2D eigenvalue weighted by Gasteiger charge is -2.30. The van der Waals surface area contributed by atoms with Crippen LogP contribution in [-0.4, -0.2) is 48.7 Å². The Morgan fingerprint density at radius 2 is 1.92 bits per heavy atom. The third-order valence-corrected chi connectivity index (χ3v) is 4.73. The molecule has 0 spiro atoms. The maximum absolute atomic E-state index is 13.1. The molecule has 25 heavy (non-hydrogen) atoms. The molecule has 1 saturated heterocycles. The fourth-order valence-corrected chi connectivity index (χ4v) is 3.50. The third-order valence-electron chi connectivity index (χ3n) is 4.73. The Labute approximate surface area is 147 Å². The minimum absolute atomic E-state index is 0.0489. The highest BCUT2D eigenvalue weighted by Crippen LogP contribution is 2.28. The van der Waals surface area contributed by atoms with Crippen molar-refractivity contribution in [1.82, 2.24) is 9.97 Å². The van der Waals surface area contributed by atoms with Crippen molar-refractivity contribution >= 4 is 17.4 Å². The number of aromatic nitrogens is 2. The fraction of sp³-hybridized carbons (Fsp3) is 0.421. The van der Waals surface area contributed by atoms with Crippen LogP contribution in [0.1, 0.15) is 28.3 Å². The molecule has 1 aromatic heterocycles. The molecule has 1 fully saturated rings. The van der Waals surface area contributed by atoms with Gasteiger partial charge in [0.25, 0.3) is 5.91 Å². The summed E-state index contributed by atoms with van der Waals surface area (Å²) in [6, 6.07) is 9.94. The molecule has 130 valence electrons. The molecule has 2 aliphatic rings. The van der Waals surface area contributed by atoms with Crippen LogP contribution in [0.15, 0.2) is 30.3 Å². The standard InChI is InChI=1S/C19H22N4O2/c1-14-20-16(13-18(21-14)22-9-11-25-12-10-22)19(24)23-8-4-6-15-5-2-3-7-17(15)23/h2-3,5,7,13H,4,6,8-12H2,1H3. The van der Waals surface area contributed by atoms with Crippen LogP contribution in [0.5, 0.6) is 0 Å². The number of ether oxygens (including phenoxy) is 1. The van der Waals surface area contributed by atoms with E-state index in [1.54, 1.807) is 0 Å². The van der Waals surface area contributed by atoms with E-state index < -0.39 is 0 Å². The zero-order valence-corrected chi connectivity index (χ0v) is 14.4. The molecule has 2 aromatic rings. The first-order valence-corrected chi connectivity index (χ1v) is 8.80. The maximum atomic E-state index is 13.1. The molecule has 6 nitrogen and oxygen atoms in total. The molecule has 0 N–H and O–H groups in total. The van der Waals surface area contributed by atoms with Gasteiger partial charge >= 0.3 is 0 Å². The van der Waals surface area contributed by atoms with Crippen molar-refractivity contribution in [2.75, 3.05) is 42.6 Å². The second-order valence-electron chi connectivity index (χ2n) is 6.45. The largest absolute Gasteiger partial charge is 0.378 e. The summed E-state index contributed by atoms with van der Waals surface area (Å²) in [6.07, 6.45) is 1.99. The van der Waals surface area contributed by atoms with Gasteiger partial charge in [-0.25, -0.2) is 9.97 Å². The highest BCUT2D eigenvalue weighted by molar-refractivity contribution is 6.05. The number of hydrogen-bond donors (Lipinski definition) is 0. The van der Waals surface area contributed by atoms with Gasteiger partial charge in [0, 0.05) is 31.4 Å². The molecular formula is C19H22N4O2. The second-order valence-corrected chi connectivity index (χ2v) is 6.45. The number of nitrogens with zero attached hydrogens (tertiary/aromatic N) is 4. The Bertz CT molecular complexity index is 787. The molecule has 1 amide bonds. The summed E-state index contributed by atoms with van der Waals surface area (Å²) in [4.78, 5) is 26.1. The molecule has 4 rings (SSSR count). The Balaban J connectivity index is 1.65. The average molecular weight is 338 g/mol. The summed E-state index contributed by atoms with van der Waals surface area (Å²) in [5.74, 6) is 1.38. The number of carbonyl (C=O) groups is 1. The van der Waals surface area contributed by atoms with Gasteiger partial charge in [-0.1, -0.05) is 18.2 Å². The van der Waals surface area contributed by atoms with Crippen molar-refractivity contribution in [3.63, 3.8) is 0 Å². The number of morpholine rings is 1. The lowest BCUT2D eigenvalue weighted by Crippen LogP contribution is -2.38. The number of benzene rings is 1. The van der Waals surface area contributed by atoms with Gasteiger partial charge in [-0.2, -0.15) is 0 Å². The summed E-state index contributed by atoms with van der Waals surface area (Å²) in [6.45, 7) is 5.52. The van der Waals surface area contributed by atoms with E-state index in [0.717, 1.165) is 44.0 Å². The van der Waals surface area contributed by atoms with Gasteiger partial charge in [-0.05, 0) is 31.4 Å². The molecule has 0 atom stereocenters. The first-order valence-electron chi connectivity index (χ1n) is 8.80. The van der Waals surface area contributed by atoms with E-state index in [-0.39, 0.29) is 5.91 Å². The van der Waals surface area contributed by atoms with Crippen molar-refractivity contribution in [1.29, 1.82) is 0 Å². The zero-order valence-electron chi connectivity index (χ0n) is 14.4. The van der Waals surface area contributed by atoms with Crippen LogP contribution in [0, 0.1) is 6.92 Å². The lowest BCUT2D eigenvalue weighted by atomic mass is 10.0. The van der Waals surface area contributed by atoms with E-state index in [0.29, 0.717) is 24.7 Å². The van der Waals surface area contributed by atoms with Crippen LogP contribution in [-0.2, 0) is 11.2 Å². The number of hydrogen-bond acceptors (Lipinski definition) is 5. The third kappa shape index (κ3) is 3.22. The van der Waals surface area contributed by atoms with Crippen LogP contribution in [0.2, 0.25) is 0 Å². The zero-order chi connectivity index (χ0) is 17.2. The second kappa shape index (κ2) is 6.80. The quantitative estimate of drug-likeness (QED) is 0.840. The van der Waals surface area contributed by atoms with Crippen LogP contribution in [0.25, 0.3) is 0 Å². The van der Waals surface area contributed by atoms with Crippen molar-refractivity contribution < 1.29 is 9.53 Å². The molecule has 0 unspecified atom stereocenters. The molecule has 0 saturated carbocycles.